The molecule has 1 aliphatic rings. The van der Waals surface area contributed by atoms with Crippen molar-refractivity contribution in [2.24, 2.45) is 5.92 Å². The molecule has 0 spiro atoms. The predicted molar refractivity (Wildman–Crippen MR) is 69.0 cm³/mol. The van der Waals surface area contributed by atoms with Gasteiger partial charge in [0.05, 0.1) is 0 Å². The zero-order valence-electron chi connectivity index (χ0n) is 10.5. The van der Waals surface area contributed by atoms with Gasteiger partial charge in [0.1, 0.15) is 5.54 Å². The summed E-state index contributed by atoms with van der Waals surface area (Å²) in [6.07, 6.45) is 5.94. The van der Waals surface area contributed by atoms with Crippen LogP contribution in [0.5, 0.6) is 0 Å². The average molecular weight is 245 g/mol. The molecule has 0 amide bonds. The van der Waals surface area contributed by atoms with Crippen molar-refractivity contribution >= 4 is 17.7 Å². The van der Waals surface area contributed by atoms with Crippen molar-refractivity contribution < 1.29 is 9.90 Å². The Morgan fingerprint density at radius 3 is 2.81 bits per heavy atom. The summed E-state index contributed by atoms with van der Waals surface area (Å²) < 4.78 is 0. The fourth-order valence-corrected chi connectivity index (χ4v) is 3.30. The van der Waals surface area contributed by atoms with E-state index < -0.39 is 11.5 Å². The lowest BCUT2D eigenvalue weighted by atomic mass is 9.84. The normalized spacial score (nSPS) is 29.9. The van der Waals surface area contributed by atoms with Crippen LogP contribution in [0.25, 0.3) is 0 Å². The highest BCUT2D eigenvalue weighted by molar-refractivity contribution is 7.98. The summed E-state index contributed by atoms with van der Waals surface area (Å²) in [5.74, 6) is 0.684. The molecule has 0 radical (unpaired) electrons. The number of hydrogen-bond acceptors (Lipinski definition) is 3. The molecule has 1 rings (SSSR count). The Hall–Kier alpha value is -0.220. The van der Waals surface area contributed by atoms with E-state index in [-0.39, 0.29) is 6.04 Å². The van der Waals surface area contributed by atoms with Crippen LogP contribution in [0.4, 0.5) is 0 Å². The Labute approximate surface area is 102 Å². The van der Waals surface area contributed by atoms with E-state index in [0.717, 1.165) is 31.4 Å². The minimum atomic E-state index is -0.663. The number of hydrogen-bond donors (Lipinski definition) is 2. The minimum absolute atomic E-state index is 0.228. The molecular weight excluding hydrogens is 222 g/mol. The van der Waals surface area contributed by atoms with E-state index in [2.05, 4.69) is 11.6 Å². The van der Waals surface area contributed by atoms with Crippen LogP contribution < -0.4 is 5.32 Å². The standard InChI is InChI=1S/C12H23NO2S/c1-9(2)13-12(11(14)15)7-4-5-10(12)6-8-16-3/h9-10,13H,4-8H2,1-3H3,(H,14,15). The summed E-state index contributed by atoms with van der Waals surface area (Å²) in [6.45, 7) is 4.04. The minimum Gasteiger partial charge on any atom is -0.480 e. The zero-order valence-corrected chi connectivity index (χ0v) is 11.3. The fraction of sp³-hybridized carbons (Fsp3) is 0.917. The van der Waals surface area contributed by atoms with Crippen LogP contribution in [0.2, 0.25) is 0 Å². The molecule has 0 aromatic rings. The zero-order chi connectivity index (χ0) is 12.2. The van der Waals surface area contributed by atoms with Crippen molar-refractivity contribution in [1.29, 1.82) is 0 Å². The first kappa shape index (κ1) is 13.8. The third-order valence-corrected chi connectivity index (χ3v) is 4.06. The van der Waals surface area contributed by atoms with E-state index in [9.17, 15) is 9.90 Å². The Morgan fingerprint density at radius 1 is 1.62 bits per heavy atom. The van der Waals surface area contributed by atoms with Gasteiger partial charge in [0, 0.05) is 6.04 Å². The molecule has 16 heavy (non-hydrogen) atoms. The van der Waals surface area contributed by atoms with Crippen molar-refractivity contribution in [3.63, 3.8) is 0 Å². The quantitative estimate of drug-likeness (QED) is 0.754. The summed E-state index contributed by atoms with van der Waals surface area (Å²) in [7, 11) is 0. The summed E-state index contributed by atoms with van der Waals surface area (Å²) in [6, 6.07) is 0.228. The van der Waals surface area contributed by atoms with Gasteiger partial charge in [0.2, 0.25) is 0 Å². The van der Waals surface area contributed by atoms with Crippen LogP contribution >= 0.6 is 11.8 Å². The van der Waals surface area contributed by atoms with Crippen LogP contribution in [0.3, 0.4) is 0 Å². The van der Waals surface area contributed by atoms with Gasteiger partial charge in [-0.1, -0.05) is 6.42 Å². The molecular formula is C12H23NO2S. The first-order valence-electron chi connectivity index (χ1n) is 6.03. The molecule has 4 heteroatoms. The van der Waals surface area contributed by atoms with E-state index in [4.69, 9.17) is 0 Å². The Balaban J connectivity index is 2.76. The van der Waals surface area contributed by atoms with Gasteiger partial charge in [0.25, 0.3) is 0 Å². The smallest absolute Gasteiger partial charge is 0.324 e. The lowest BCUT2D eigenvalue weighted by Crippen LogP contribution is -2.57. The molecule has 2 atom stereocenters. The lowest BCUT2D eigenvalue weighted by Gasteiger charge is -2.34. The highest BCUT2D eigenvalue weighted by Gasteiger charge is 2.48. The van der Waals surface area contributed by atoms with Gasteiger partial charge in [-0.2, -0.15) is 11.8 Å². The van der Waals surface area contributed by atoms with Gasteiger partial charge in [-0.25, -0.2) is 0 Å². The molecule has 1 aliphatic carbocycles. The highest BCUT2D eigenvalue weighted by atomic mass is 32.2. The lowest BCUT2D eigenvalue weighted by molar-refractivity contribution is -0.147. The first-order chi connectivity index (χ1) is 7.53. The number of carbonyl (C=O) groups is 1. The van der Waals surface area contributed by atoms with Gasteiger partial charge in [-0.05, 0) is 51.0 Å². The number of aliphatic carboxylic acids is 1. The third-order valence-electron chi connectivity index (χ3n) is 3.42. The fourth-order valence-electron chi connectivity index (χ4n) is 2.78. The van der Waals surface area contributed by atoms with Gasteiger partial charge >= 0.3 is 5.97 Å². The van der Waals surface area contributed by atoms with Gasteiger partial charge in [-0.3, -0.25) is 10.1 Å². The maximum absolute atomic E-state index is 11.6. The molecule has 2 N–H and O–H groups in total. The van der Waals surface area contributed by atoms with Gasteiger partial charge in [-0.15, -0.1) is 0 Å². The topological polar surface area (TPSA) is 49.3 Å². The second-order valence-electron chi connectivity index (χ2n) is 4.95. The monoisotopic (exact) mass is 245 g/mol. The van der Waals surface area contributed by atoms with E-state index in [0.29, 0.717) is 5.92 Å². The summed E-state index contributed by atoms with van der Waals surface area (Å²) >= 11 is 1.80. The Morgan fingerprint density at radius 2 is 2.31 bits per heavy atom. The Kier molecular flexibility index (Phi) is 5.12. The van der Waals surface area contributed by atoms with Crippen LogP contribution in [0.1, 0.15) is 39.5 Å². The summed E-state index contributed by atoms with van der Waals surface area (Å²) in [4.78, 5) is 11.6. The summed E-state index contributed by atoms with van der Waals surface area (Å²) in [5.41, 5.74) is -0.663. The number of carboxylic acids is 1. The van der Waals surface area contributed by atoms with E-state index in [1.165, 1.54) is 0 Å². The van der Waals surface area contributed by atoms with Crippen molar-refractivity contribution in [2.75, 3.05) is 12.0 Å². The molecule has 2 unspecified atom stereocenters. The van der Waals surface area contributed by atoms with Crippen LogP contribution in [0.15, 0.2) is 0 Å². The van der Waals surface area contributed by atoms with Crippen LogP contribution in [-0.4, -0.2) is 34.7 Å². The number of thioether (sulfide) groups is 1. The Bertz CT molecular complexity index is 245. The maximum Gasteiger partial charge on any atom is 0.324 e. The van der Waals surface area contributed by atoms with Crippen LogP contribution in [0, 0.1) is 5.92 Å². The highest BCUT2D eigenvalue weighted by Crippen LogP contribution is 2.39. The predicted octanol–water partition coefficient (Wildman–Crippen LogP) is 2.36. The van der Waals surface area contributed by atoms with Crippen molar-refractivity contribution in [3.05, 3.63) is 0 Å². The van der Waals surface area contributed by atoms with E-state index >= 15 is 0 Å². The molecule has 0 aromatic heterocycles. The third kappa shape index (κ3) is 2.92. The van der Waals surface area contributed by atoms with Crippen molar-refractivity contribution in [3.8, 4) is 0 Å². The van der Waals surface area contributed by atoms with E-state index in [1.54, 1.807) is 11.8 Å². The molecule has 1 saturated carbocycles. The van der Waals surface area contributed by atoms with Gasteiger partial charge < -0.3 is 5.11 Å². The SMILES string of the molecule is CSCCC1CCCC1(NC(C)C)C(=O)O. The number of carboxylic acid groups (broad SMARTS) is 1. The molecule has 0 saturated heterocycles. The second kappa shape index (κ2) is 5.92. The first-order valence-corrected chi connectivity index (χ1v) is 7.42. The second-order valence-corrected chi connectivity index (χ2v) is 5.93. The number of nitrogens with one attached hydrogen (secondary N) is 1. The largest absolute Gasteiger partial charge is 0.480 e. The molecule has 0 aromatic carbocycles. The molecule has 0 bridgehead atoms. The number of rotatable bonds is 6. The van der Waals surface area contributed by atoms with E-state index in [1.807, 2.05) is 13.8 Å². The molecule has 3 nitrogen and oxygen atoms in total. The molecule has 94 valence electrons. The van der Waals surface area contributed by atoms with Gasteiger partial charge in [0.15, 0.2) is 0 Å². The van der Waals surface area contributed by atoms with Crippen LogP contribution in [-0.2, 0) is 4.79 Å². The molecule has 0 heterocycles. The summed E-state index contributed by atoms with van der Waals surface area (Å²) in [5, 5.41) is 12.8. The maximum atomic E-state index is 11.6. The van der Waals surface area contributed by atoms with Crippen molar-refractivity contribution in [1.82, 2.24) is 5.32 Å². The molecule has 0 aliphatic heterocycles. The van der Waals surface area contributed by atoms with Crippen molar-refractivity contribution in [2.45, 2.75) is 51.1 Å². The average Bonchev–Trinajstić information content (AvgIpc) is 2.58. The molecule has 1 fully saturated rings.